The van der Waals surface area contributed by atoms with Crippen molar-refractivity contribution < 1.29 is 13.2 Å². The minimum absolute atomic E-state index is 0.288. The number of methoxy groups -OCH3 is 1. The first kappa shape index (κ1) is 15.8. The van der Waals surface area contributed by atoms with Crippen LogP contribution in [-0.2, 0) is 14.9 Å². The van der Waals surface area contributed by atoms with Crippen LogP contribution in [0.2, 0.25) is 0 Å². The molecule has 1 heterocycles. The van der Waals surface area contributed by atoms with Crippen molar-refractivity contribution in [1.82, 2.24) is 14.3 Å². The van der Waals surface area contributed by atoms with Crippen molar-refractivity contribution in [2.24, 2.45) is 0 Å². The molecule has 108 valence electrons. The summed E-state index contributed by atoms with van der Waals surface area (Å²) in [4.78, 5) is 0. The second kappa shape index (κ2) is 8.06. The number of ether oxygens (including phenoxy) is 1. The highest BCUT2D eigenvalue weighted by atomic mass is 32.2. The van der Waals surface area contributed by atoms with Gasteiger partial charge in [0.05, 0.1) is 6.61 Å². The van der Waals surface area contributed by atoms with Gasteiger partial charge in [-0.2, -0.15) is 17.4 Å². The summed E-state index contributed by atoms with van der Waals surface area (Å²) in [5.74, 6) is 0. The molecule has 1 atom stereocenters. The predicted octanol–water partition coefficient (Wildman–Crippen LogP) is -0.0688. The molecule has 1 saturated heterocycles. The van der Waals surface area contributed by atoms with Crippen LogP contribution >= 0.6 is 0 Å². The van der Waals surface area contributed by atoms with E-state index in [-0.39, 0.29) is 6.04 Å². The van der Waals surface area contributed by atoms with Crippen LogP contribution < -0.4 is 10.0 Å². The number of nitrogens with one attached hydrogen (secondary N) is 2. The van der Waals surface area contributed by atoms with E-state index in [0.29, 0.717) is 26.2 Å². The Hall–Kier alpha value is -0.210. The van der Waals surface area contributed by atoms with Crippen molar-refractivity contribution >= 4 is 10.2 Å². The van der Waals surface area contributed by atoms with E-state index < -0.39 is 10.2 Å². The molecule has 1 rings (SSSR count). The molecule has 1 aliphatic heterocycles. The number of nitrogens with zero attached hydrogens (tertiary/aromatic N) is 1. The van der Waals surface area contributed by atoms with Crippen molar-refractivity contribution in [2.75, 3.05) is 39.9 Å². The zero-order valence-electron chi connectivity index (χ0n) is 11.3. The van der Waals surface area contributed by atoms with Gasteiger partial charge in [-0.1, -0.05) is 6.92 Å². The van der Waals surface area contributed by atoms with Crippen molar-refractivity contribution in [1.29, 1.82) is 0 Å². The first-order valence-corrected chi connectivity index (χ1v) is 8.01. The van der Waals surface area contributed by atoms with Crippen molar-refractivity contribution in [3.05, 3.63) is 0 Å². The monoisotopic (exact) mass is 279 g/mol. The summed E-state index contributed by atoms with van der Waals surface area (Å²) in [5, 5.41) is 3.33. The third-order valence-corrected chi connectivity index (χ3v) is 4.57. The van der Waals surface area contributed by atoms with Gasteiger partial charge in [0.25, 0.3) is 10.2 Å². The molecule has 1 fully saturated rings. The van der Waals surface area contributed by atoms with Gasteiger partial charge in [-0.25, -0.2) is 0 Å². The van der Waals surface area contributed by atoms with E-state index in [4.69, 9.17) is 4.74 Å². The maximum absolute atomic E-state index is 12.1. The van der Waals surface area contributed by atoms with Crippen LogP contribution in [0.3, 0.4) is 0 Å². The molecule has 0 spiro atoms. The highest BCUT2D eigenvalue weighted by molar-refractivity contribution is 7.87. The fourth-order valence-electron chi connectivity index (χ4n) is 2.08. The molecule has 0 aromatic heterocycles. The first-order chi connectivity index (χ1) is 8.60. The molecular weight excluding hydrogens is 254 g/mol. The van der Waals surface area contributed by atoms with E-state index in [1.165, 1.54) is 4.31 Å². The molecular formula is C11H25N3O3S. The zero-order chi connectivity index (χ0) is 13.4. The Morgan fingerprint density at radius 1 is 1.50 bits per heavy atom. The van der Waals surface area contributed by atoms with Crippen LogP contribution in [0, 0.1) is 0 Å². The van der Waals surface area contributed by atoms with Gasteiger partial charge in [-0.3, -0.25) is 0 Å². The molecule has 6 nitrogen and oxygen atoms in total. The smallest absolute Gasteiger partial charge is 0.279 e. The van der Waals surface area contributed by atoms with E-state index in [1.54, 1.807) is 7.11 Å². The highest BCUT2D eigenvalue weighted by Crippen LogP contribution is 2.09. The lowest BCUT2D eigenvalue weighted by atomic mass is 10.2. The number of hydrogen-bond acceptors (Lipinski definition) is 4. The van der Waals surface area contributed by atoms with Crippen LogP contribution in [0.5, 0.6) is 0 Å². The average molecular weight is 279 g/mol. The average Bonchev–Trinajstić information content (AvgIpc) is 2.81. The van der Waals surface area contributed by atoms with Crippen LogP contribution in [0.25, 0.3) is 0 Å². The zero-order valence-corrected chi connectivity index (χ0v) is 12.1. The Balaban J connectivity index is 2.52. The van der Waals surface area contributed by atoms with Gasteiger partial charge in [-0.15, -0.1) is 0 Å². The Morgan fingerprint density at radius 3 is 2.83 bits per heavy atom. The lowest BCUT2D eigenvalue weighted by Gasteiger charge is -2.24. The van der Waals surface area contributed by atoms with Crippen molar-refractivity contribution in [2.45, 2.75) is 32.2 Å². The molecule has 0 aliphatic carbocycles. The van der Waals surface area contributed by atoms with Gasteiger partial charge < -0.3 is 10.1 Å². The quantitative estimate of drug-likeness (QED) is 0.580. The van der Waals surface area contributed by atoms with Crippen LogP contribution in [0.15, 0.2) is 0 Å². The Kier molecular flexibility index (Phi) is 7.10. The van der Waals surface area contributed by atoms with Gasteiger partial charge >= 0.3 is 0 Å². The Labute approximate surface area is 110 Å². The van der Waals surface area contributed by atoms with Gasteiger partial charge in [0.2, 0.25) is 0 Å². The van der Waals surface area contributed by atoms with E-state index >= 15 is 0 Å². The molecule has 0 bridgehead atoms. The Morgan fingerprint density at radius 2 is 2.28 bits per heavy atom. The molecule has 7 heteroatoms. The minimum atomic E-state index is -3.38. The van der Waals surface area contributed by atoms with Gasteiger partial charge in [0, 0.05) is 32.8 Å². The number of hydrogen-bond donors (Lipinski definition) is 2. The van der Waals surface area contributed by atoms with Crippen molar-refractivity contribution in [3.8, 4) is 0 Å². The van der Waals surface area contributed by atoms with E-state index in [1.807, 2.05) is 6.92 Å². The van der Waals surface area contributed by atoms with Gasteiger partial charge in [0.15, 0.2) is 0 Å². The topological polar surface area (TPSA) is 70.7 Å². The standard InChI is InChI=1S/C11H25N3O3S/c1-3-8-14(10-11-5-4-6-12-11)18(15,16)13-7-9-17-2/h11-13H,3-10H2,1-2H3. The fraction of sp³-hybridized carbons (Fsp3) is 1.00. The van der Waals surface area contributed by atoms with Crippen LogP contribution in [0.4, 0.5) is 0 Å². The summed E-state index contributed by atoms with van der Waals surface area (Å²) in [6, 6.07) is 0.288. The summed E-state index contributed by atoms with van der Waals surface area (Å²) in [7, 11) is -1.82. The summed E-state index contributed by atoms with van der Waals surface area (Å²) < 4.78 is 33.2. The van der Waals surface area contributed by atoms with Crippen LogP contribution in [-0.4, -0.2) is 58.7 Å². The SMILES string of the molecule is CCCN(CC1CCCN1)S(=O)(=O)NCCOC. The van der Waals surface area contributed by atoms with Crippen LogP contribution in [0.1, 0.15) is 26.2 Å². The lowest BCUT2D eigenvalue weighted by Crippen LogP contribution is -2.47. The van der Waals surface area contributed by atoms with E-state index in [9.17, 15) is 8.42 Å². The summed E-state index contributed by atoms with van der Waals surface area (Å²) >= 11 is 0. The maximum atomic E-state index is 12.1. The molecule has 1 aliphatic rings. The molecule has 0 aromatic rings. The third kappa shape index (κ3) is 5.19. The predicted molar refractivity (Wildman–Crippen MR) is 71.7 cm³/mol. The summed E-state index contributed by atoms with van der Waals surface area (Å²) in [6.45, 7) is 4.79. The molecule has 1 unspecified atom stereocenters. The third-order valence-electron chi connectivity index (χ3n) is 2.99. The molecule has 18 heavy (non-hydrogen) atoms. The van der Waals surface area contributed by atoms with Gasteiger partial charge in [-0.05, 0) is 25.8 Å². The second-order valence-corrected chi connectivity index (χ2v) is 6.30. The minimum Gasteiger partial charge on any atom is -0.383 e. The molecule has 0 radical (unpaired) electrons. The van der Waals surface area contributed by atoms with Gasteiger partial charge in [0.1, 0.15) is 0 Å². The molecule has 2 N–H and O–H groups in total. The summed E-state index contributed by atoms with van der Waals surface area (Å²) in [5.41, 5.74) is 0. The Bertz CT molecular complexity index is 315. The summed E-state index contributed by atoms with van der Waals surface area (Å²) in [6.07, 6.45) is 2.99. The lowest BCUT2D eigenvalue weighted by molar-refractivity contribution is 0.203. The van der Waals surface area contributed by atoms with E-state index in [2.05, 4.69) is 10.0 Å². The first-order valence-electron chi connectivity index (χ1n) is 6.57. The largest absolute Gasteiger partial charge is 0.383 e. The maximum Gasteiger partial charge on any atom is 0.279 e. The number of rotatable bonds is 9. The highest BCUT2D eigenvalue weighted by Gasteiger charge is 2.25. The molecule has 0 amide bonds. The fourth-order valence-corrected chi connectivity index (χ4v) is 3.40. The van der Waals surface area contributed by atoms with Crippen molar-refractivity contribution in [3.63, 3.8) is 0 Å². The molecule has 0 saturated carbocycles. The van der Waals surface area contributed by atoms with E-state index in [0.717, 1.165) is 25.8 Å². The normalized spacial score (nSPS) is 20.7. The molecule has 0 aromatic carbocycles. The second-order valence-electron chi connectivity index (χ2n) is 4.54.